The monoisotopic (exact) mass is 424 g/mol. The van der Waals surface area contributed by atoms with Gasteiger partial charge in [-0.15, -0.1) is 0 Å². The Bertz CT molecular complexity index is 964. The number of carbonyl (C=O) groups is 1. The van der Waals surface area contributed by atoms with Gasteiger partial charge in [0.2, 0.25) is 5.91 Å². The van der Waals surface area contributed by atoms with Gasteiger partial charge >= 0.3 is 0 Å². The summed E-state index contributed by atoms with van der Waals surface area (Å²) in [5, 5.41) is 8.95. The Hall–Kier alpha value is -2.24. The maximum atomic E-state index is 13.1. The summed E-state index contributed by atoms with van der Waals surface area (Å²) in [4.78, 5) is 12.3. The lowest BCUT2D eigenvalue weighted by molar-refractivity contribution is -0.123. The number of halogens is 2. The molecule has 0 radical (unpaired) electrons. The van der Waals surface area contributed by atoms with Crippen molar-refractivity contribution in [2.24, 2.45) is 0 Å². The lowest BCUT2D eigenvalue weighted by Crippen LogP contribution is -2.43. The molecule has 0 aliphatic rings. The van der Waals surface area contributed by atoms with Gasteiger partial charge in [-0.1, -0.05) is 28.1 Å². The Morgan fingerprint density at radius 3 is 2.36 bits per heavy atom. The fraction of sp³-hybridized carbons (Fsp3) is 0.176. The first-order chi connectivity index (χ1) is 11.6. The summed E-state index contributed by atoms with van der Waals surface area (Å²) in [5.41, 5.74) is -0.598. The third-order valence-electron chi connectivity index (χ3n) is 3.67. The van der Waals surface area contributed by atoms with Crippen molar-refractivity contribution in [3.63, 3.8) is 0 Å². The van der Waals surface area contributed by atoms with Crippen LogP contribution in [0.1, 0.15) is 25.0 Å². The molecule has 2 rings (SSSR count). The number of nitrogens with one attached hydrogen (secondary N) is 1. The normalized spacial score (nSPS) is 11.6. The molecule has 0 atom stereocenters. The lowest BCUT2D eigenvalue weighted by Gasteiger charge is -2.24. The van der Waals surface area contributed by atoms with Crippen LogP contribution in [-0.2, 0) is 20.2 Å². The number of sulfonamides is 1. The summed E-state index contributed by atoms with van der Waals surface area (Å²) in [7, 11) is -4.17. The third-order valence-corrected chi connectivity index (χ3v) is 5.44. The number of carbonyl (C=O) groups excluding carboxylic acids is 1. The zero-order valence-electron chi connectivity index (χ0n) is 13.4. The third kappa shape index (κ3) is 4.24. The van der Waals surface area contributed by atoms with E-state index in [9.17, 15) is 17.6 Å². The van der Waals surface area contributed by atoms with Crippen molar-refractivity contribution in [3.8, 4) is 6.07 Å². The molecule has 0 unspecified atom stereocenters. The second-order valence-electron chi connectivity index (χ2n) is 5.85. The van der Waals surface area contributed by atoms with Crippen LogP contribution in [-0.4, -0.2) is 14.3 Å². The van der Waals surface area contributed by atoms with E-state index in [1.165, 1.54) is 56.3 Å². The van der Waals surface area contributed by atoms with E-state index >= 15 is 0 Å². The maximum absolute atomic E-state index is 13.1. The van der Waals surface area contributed by atoms with E-state index in [1.54, 1.807) is 0 Å². The molecule has 25 heavy (non-hydrogen) atoms. The Morgan fingerprint density at radius 1 is 1.20 bits per heavy atom. The smallest absolute Gasteiger partial charge is 0.264 e. The van der Waals surface area contributed by atoms with Crippen LogP contribution in [0.4, 0.5) is 4.39 Å². The van der Waals surface area contributed by atoms with Crippen molar-refractivity contribution in [2.75, 3.05) is 0 Å². The van der Waals surface area contributed by atoms with E-state index in [1.807, 2.05) is 10.8 Å². The molecular formula is C17H14BrFN2O3S. The number of rotatable bonds is 4. The molecule has 0 spiro atoms. The fourth-order valence-corrected chi connectivity index (χ4v) is 3.91. The van der Waals surface area contributed by atoms with Crippen molar-refractivity contribution in [1.29, 1.82) is 5.26 Å². The summed E-state index contributed by atoms with van der Waals surface area (Å²) < 4.78 is 40.4. The van der Waals surface area contributed by atoms with Gasteiger partial charge in [-0.3, -0.25) is 4.79 Å². The first kappa shape index (κ1) is 19.1. The molecule has 5 nitrogen and oxygen atoms in total. The highest BCUT2D eigenvalue weighted by Gasteiger charge is 2.33. The van der Waals surface area contributed by atoms with Gasteiger partial charge in [-0.05, 0) is 49.7 Å². The minimum atomic E-state index is -4.17. The summed E-state index contributed by atoms with van der Waals surface area (Å²) in [6, 6.07) is 11.0. The predicted octanol–water partition coefficient (Wildman–Crippen LogP) is 3.24. The maximum Gasteiger partial charge on any atom is 0.264 e. The van der Waals surface area contributed by atoms with Gasteiger partial charge in [0.25, 0.3) is 10.0 Å². The number of hydrogen-bond donors (Lipinski definition) is 1. The minimum absolute atomic E-state index is 0.139. The molecule has 1 N–H and O–H groups in total. The topological polar surface area (TPSA) is 87.0 Å². The van der Waals surface area contributed by atoms with Gasteiger partial charge in [0, 0.05) is 4.47 Å². The molecule has 8 heteroatoms. The highest BCUT2D eigenvalue weighted by molar-refractivity contribution is 9.10. The van der Waals surface area contributed by atoms with Crippen LogP contribution in [0.25, 0.3) is 0 Å². The van der Waals surface area contributed by atoms with Crippen molar-refractivity contribution in [1.82, 2.24) is 4.72 Å². The molecule has 0 bridgehead atoms. The largest absolute Gasteiger partial charge is 0.273 e. The second-order valence-corrected chi connectivity index (χ2v) is 8.45. The van der Waals surface area contributed by atoms with E-state index in [4.69, 9.17) is 5.26 Å². The van der Waals surface area contributed by atoms with Gasteiger partial charge in [0.15, 0.2) is 0 Å². The standard InChI is InChI=1S/C17H14BrFN2O3S/c1-17(2,12-3-5-14(19)6-4-12)16(22)21-25(23,24)15-8-11(10-20)7-13(18)9-15/h3-9H,1-2H3,(H,21,22). The second kappa shape index (κ2) is 6.94. The quantitative estimate of drug-likeness (QED) is 0.815. The highest BCUT2D eigenvalue weighted by atomic mass is 79.9. The summed E-state index contributed by atoms with van der Waals surface area (Å²) >= 11 is 3.13. The SMILES string of the molecule is CC(C)(C(=O)NS(=O)(=O)c1cc(Br)cc(C#N)c1)c1ccc(F)cc1. The van der Waals surface area contributed by atoms with Crippen LogP contribution in [0.5, 0.6) is 0 Å². The van der Waals surface area contributed by atoms with Gasteiger partial charge < -0.3 is 0 Å². The fourth-order valence-electron chi connectivity index (χ4n) is 2.09. The van der Waals surface area contributed by atoms with Crippen molar-refractivity contribution >= 4 is 31.9 Å². The number of nitrogens with zero attached hydrogens (tertiary/aromatic N) is 1. The number of hydrogen-bond acceptors (Lipinski definition) is 4. The average molecular weight is 425 g/mol. The van der Waals surface area contributed by atoms with E-state index in [0.717, 1.165) is 0 Å². The lowest BCUT2D eigenvalue weighted by atomic mass is 9.84. The molecule has 0 aliphatic heterocycles. The van der Waals surface area contributed by atoms with Gasteiger partial charge in [-0.25, -0.2) is 17.5 Å². The van der Waals surface area contributed by atoms with Crippen molar-refractivity contribution in [3.05, 3.63) is 63.9 Å². The molecule has 2 aromatic carbocycles. The number of benzene rings is 2. The van der Waals surface area contributed by atoms with Gasteiger partial charge in [-0.2, -0.15) is 5.26 Å². The zero-order valence-corrected chi connectivity index (χ0v) is 15.8. The zero-order chi connectivity index (χ0) is 18.8. The van der Waals surface area contributed by atoms with Crippen molar-refractivity contribution in [2.45, 2.75) is 24.2 Å². The van der Waals surface area contributed by atoms with Crippen LogP contribution in [0.2, 0.25) is 0 Å². The summed E-state index contributed by atoms with van der Waals surface area (Å²) in [6.45, 7) is 3.07. The minimum Gasteiger partial charge on any atom is -0.273 e. The van der Waals surface area contributed by atoms with E-state index < -0.39 is 27.2 Å². The van der Waals surface area contributed by atoms with Gasteiger partial charge in [0.05, 0.1) is 21.9 Å². The van der Waals surface area contributed by atoms with E-state index in [0.29, 0.717) is 10.0 Å². The van der Waals surface area contributed by atoms with Crippen LogP contribution in [0, 0.1) is 17.1 Å². The summed E-state index contributed by atoms with van der Waals surface area (Å²) in [6.07, 6.45) is 0. The Balaban J connectivity index is 2.34. The molecule has 0 aliphatic carbocycles. The molecular weight excluding hydrogens is 411 g/mol. The Kier molecular flexibility index (Phi) is 5.30. The Morgan fingerprint density at radius 2 is 1.80 bits per heavy atom. The summed E-state index contributed by atoms with van der Waals surface area (Å²) in [5.74, 6) is -1.22. The van der Waals surface area contributed by atoms with Crippen LogP contribution in [0.15, 0.2) is 51.8 Å². The van der Waals surface area contributed by atoms with Crippen molar-refractivity contribution < 1.29 is 17.6 Å². The van der Waals surface area contributed by atoms with Gasteiger partial charge in [0.1, 0.15) is 5.82 Å². The number of amides is 1. The molecule has 0 heterocycles. The molecule has 130 valence electrons. The molecule has 0 saturated heterocycles. The Labute approximate surface area is 153 Å². The number of nitriles is 1. The predicted molar refractivity (Wildman–Crippen MR) is 93.6 cm³/mol. The molecule has 0 fully saturated rings. The van der Waals surface area contributed by atoms with E-state index in [2.05, 4.69) is 15.9 Å². The molecule has 1 amide bonds. The molecule has 2 aromatic rings. The van der Waals surface area contributed by atoms with E-state index in [-0.39, 0.29) is 10.5 Å². The molecule has 0 saturated carbocycles. The first-order valence-corrected chi connectivity index (χ1v) is 9.38. The highest BCUT2D eigenvalue weighted by Crippen LogP contribution is 2.25. The average Bonchev–Trinajstić information content (AvgIpc) is 2.54. The van der Waals surface area contributed by atoms with Crippen LogP contribution >= 0.6 is 15.9 Å². The van der Waals surface area contributed by atoms with Crippen LogP contribution in [0.3, 0.4) is 0 Å². The first-order valence-electron chi connectivity index (χ1n) is 7.10. The van der Waals surface area contributed by atoms with Crippen LogP contribution < -0.4 is 4.72 Å². The molecule has 0 aromatic heterocycles.